The minimum Gasteiger partial charge on any atom is -0.480 e. The van der Waals surface area contributed by atoms with E-state index in [1.54, 1.807) is 20.8 Å². The quantitative estimate of drug-likeness (QED) is 0.880. The molecule has 0 saturated heterocycles. The Morgan fingerprint density at radius 1 is 1.16 bits per heavy atom. The Kier molecular flexibility index (Phi) is 4.35. The van der Waals surface area contributed by atoms with Crippen molar-refractivity contribution >= 4 is 11.9 Å². The first-order valence-corrected chi connectivity index (χ1v) is 6.24. The zero-order valence-electron chi connectivity index (χ0n) is 12.1. The Balaban J connectivity index is 3.05. The van der Waals surface area contributed by atoms with Crippen LogP contribution in [0.4, 0.5) is 0 Å². The van der Waals surface area contributed by atoms with Crippen molar-refractivity contribution in [1.29, 1.82) is 0 Å². The third-order valence-corrected chi connectivity index (χ3v) is 3.10. The summed E-state index contributed by atoms with van der Waals surface area (Å²) in [5.74, 6) is -1.36. The molecule has 0 saturated carbocycles. The van der Waals surface area contributed by atoms with Crippen molar-refractivity contribution in [2.45, 2.75) is 40.7 Å². The molecule has 0 unspecified atom stereocenters. The van der Waals surface area contributed by atoms with Crippen LogP contribution in [0.25, 0.3) is 0 Å². The van der Waals surface area contributed by atoms with Gasteiger partial charge in [-0.2, -0.15) is 0 Å². The van der Waals surface area contributed by atoms with Crippen LogP contribution in [0.3, 0.4) is 0 Å². The molecule has 0 spiro atoms. The van der Waals surface area contributed by atoms with Gasteiger partial charge in [0.1, 0.15) is 6.04 Å². The summed E-state index contributed by atoms with van der Waals surface area (Å²) in [5.41, 5.74) is 1.70. The molecule has 1 rings (SSSR count). The first-order chi connectivity index (χ1) is 8.64. The van der Waals surface area contributed by atoms with Gasteiger partial charge in [0.15, 0.2) is 0 Å². The number of nitrogens with one attached hydrogen (secondary N) is 1. The second-order valence-electron chi connectivity index (χ2n) is 5.88. The number of carboxylic acids is 1. The third-order valence-electron chi connectivity index (χ3n) is 3.10. The summed E-state index contributed by atoms with van der Waals surface area (Å²) in [4.78, 5) is 23.5. The first-order valence-electron chi connectivity index (χ1n) is 6.24. The van der Waals surface area contributed by atoms with Gasteiger partial charge in [-0.25, -0.2) is 4.79 Å². The summed E-state index contributed by atoms with van der Waals surface area (Å²) in [6, 6.07) is 4.64. The second-order valence-corrected chi connectivity index (χ2v) is 5.88. The van der Waals surface area contributed by atoms with Crippen LogP contribution < -0.4 is 5.32 Å². The minimum atomic E-state index is -1.02. The summed E-state index contributed by atoms with van der Waals surface area (Å²) in [6.45, 7) is 9.05. The molecule has 0 aliphatic carbocycles. The lowest BCUT2D eigenvalue weighted by Gasteiger charge is -2.28. The highest BCUT2D eigenvalue weighted by atomic mass is 16.4. The summed E-state index contributed by atoms with van der Waals surface area (Å²) in [6.07, 6.45) is 0. The SMILES string of the molecule is Cc1cccc(C)c1C(=O)N[C@H](C(=O)O)C(C)(C)C. The van der Waals surface area contributed by atoms with E-state index in [1.165, 1.54) is 0 Å². The molecule has 0 aliphatic heterocycles. The average Bonchev–Trinajstić information content (AvgIpc) is 2.23. The lowest BCUT2D eigenvalue weighted by molar-refractivity contribution is -0.142. The molecule has 0 radical (unpaired) electrons. The molecule has 1 aromatic rings. The van der Waals surface area contributed by atoms with Crippen molar-refractivity contribution in [3.8, 4) is 0 Å². The predicted molar refractivity (Wildman–Crippen MR) is 74.3 cm³/mol. The van der Waals surface area contributed by atoms with Crippen molar-refractivity contribution in [3.63, 3.8) is 0 Å². The molecule has 0 aromatic heterocycles. The molecule has 4 heteroatoms. The van der Waals surface area contributed by atoms with Gasteiger partial charge >= 0.3 is 5.97 Å². The fourth-order valence-corrected chi connectivity index (χ4v) is 2.02. The van der Waals surface area contributed by atoms with E-state index in [1.807, 2.05) is 32.0 Å². The highest BCUT2D eigenvalue weighted by Gasteiger charge is 2.33. The van der Waals surface area contributed by atoms with E-state index in [4.69, 9.17) is 0 Å². The van der Waals surface area contributed by atoms with Gasteiger partial charge in [-0.05, 0) is 30.4 Å². The Hall–Kier alpha value is -1.84. The van der Waals surface area contributed by atoms with Crippen molar-refractivity contribution in [2.24, 2.45) is 5.41 Å². The van der Waals surface area contributed by atoms with Crippen LogP contribution in [0.1, 0.15) is 42.3 Å². The first kappa shape index (κ1) is 15.2. The van der Waals surface area contributed by atoms with Crippen molar-refractivity contribution in [1.82, 2.24) is 5.32 Å². The molecule has 4 nitrogen and oxygen atoms in total. The molecular weight excluding hydrogens is 242 g/mol. The van der Waals surface area contributed by atoms with Crippen LogP contribution >= 0.6 is 0 Å². The Morgan fingerprint density at radius 3 is 2.00 bits per heavy atom. The zero-order valence-corrected chi connectivity index (χ0v) is 12.1. The van der Waals surface area contributed by atoms with Gasteiger partial charge in [0.2, 0.25) is 0 Å². The topological polar surface area (TPSA) is 66.4 Å². The monoisotopic (exact) mass is 263 g/mol. The number of amides is 1. The maximum Gasteiger partial charge on any atom is 0.326 e. The molecule has 2 N–H and O–H groups in total. The van der Waals surface area contributed by atoms with E-state index in [0.29, 0.717) is 5.56 Å². The summed E-state index contributed by atoms with van der Waals surface area (Å²) >= 11 is 0. The number of aliphatic carboxylic acids is 1. The van der Waals surface area contributed by atoms with Crippen LogP contribution in [0.15, 0.2) is 18.2 Å². The standard InChI is InChI=1S/C15H21NO3/c1-9-7-6-8-10(2)11(9)13(17)16-12(14(18)19)15(3,4)5/h6-8,12H,1-5H3,(H,16,17)(H,18,19)/t12-/m1/s1. The van der Waals surface area contributed by atoms with E-state index in [0.717, 1.165) is 11.1 Å². The van der Waals surface area contributed by atoms with Crippen molar-refractivity contribution in [2.75, 3.05) is 0 Å². The molecule has 0 heterocycles. The summed E-state index contributed by atoms with van der Waals surface area (Å²) in [7, 11) is 0. The normalized spacial score (nSPS) is 12.9. The number of hydrogen-bond acceptors (Lipinski definition) is 2. The van der Waals surface area contributed by atoms with E-state index in [9.17, 15) is 14.7 Å². The fraction of sp³-hybridized carbons (Fsp3) is 0.467. The van der Waals surface area contributed by atoms with Crippen LogP contribution in [-0.4, -0.2) is 23.0 Å². The number of rotatable bonds is 3. The summed E-state index contributed by atoms with van der Waals surface area (Å²) in [5, 5.41) is 11.8. The number of hydrogen-bond donors (Lipinski definition) is 2. The Bertz CT molecular complexity index is 480. The maximum absolute atomic E-state index is 12.3. The van der Waals surface area contributed by atoms with Crippen LogP contribution in [0.5, 0.6) is 0 Å². The van der Waals surface area contributed by atoms with E-state index in [-0.39, 0.29) is 5.91 Å². The van der Waals surface area contributed by atoms with E-state index in [2.05, 4.69) is 5.32 Å². The van der Waals surface area contributed by atoms with E-state index < -0.39 is 17.4 Å². The molecule has 1 aromatic carbocycles. The van der Waals surface area contributed by atoms with Gasteiger partial charge in [-0.15, -0.1) is 0 Å². The highest BCUT2D eigenvalue weighted by molar-refractivity contribution is 5.99. The number of aryl methyl sites for hydroxylation is 2. The third kappa shape index (κ3) is 3.56. The van der Waals surface area contributed by atoms with Gasteiger partial charge < -0.3 is 10.4 Å². The van der Waals surface area contributed by atoms with Gasteiger partial charge in [0.05, 0.1) is 0 Å². The van der Waals surface area contributed by atoms with E-state index >= 15 is 0 Å². The van der Waals surface area contributed by atoms with Crippen LogP contribution in [0.2, 0.25) is 0 Å². The van der Waals surface area contributed by atoms with Crippen LogP contribution in [0, 0.1) is 19.3 Å². The summed E-state index contributed by atoms with van der Waals surface area (Å²) < 4.78 is 0. The predicted octanol–water partition coefficient (Wildman–Crippen LogP) is 2.53. The lowest BCUT2D eigenvalue weighted by Crippen LogP contribution is -2.49. The lowest BCUT2D eigenvalue weighted by atomic mass is 9.86. The smallest absolute Gasteiger partial charge is 0.326 e. The molecule has 0 bridgehead atoms. The molecule has 104 valence electrons. The van der Waals surface area contributed by atoms with Crippen molar-refractivity contribution < 1.29 is 14.7 Å². The fourth-order valence-electron chi connectivity index (χ4n) is 2.02. The van der Waals surface area contributed by atoms with Crippen LogP contribution in [-0.2, 0) is 4.79 Å². The molecule has 0 aliphatic rings. The van der Waals surface area contributed by atoms with Gasteiger partial charge in [-0.3, -0.25) is 4.79 Å². The molecule has 19 heavy (non-hydrogen) atoms. The largest absolute Gasteiger partial charge is 0.480 e. The molecular formula is C15H21NO3. The minimum absolute atomic E-state index is 0.335. The maximum atomic E-state index is 12.3. The van der Waals surface area contributed by atoms with Gasteiger partial charge in [-0.1, -0.05) is 39.0 Å². The Morgan fingerprint density at radius 2 is 1.63 bits per heavy atom. The molecule has 1 amide bonds. The van der Waals surface area contributed by atoms with Gasteiger partial charge in [0, 0.05) is 5.56 Å². The second kappa shape index (κ2) is 5.43. The number of carboxylic acid groups (broad SMARTS) is 1. The van der Waals surface area contributed by atoms with Gasteiger partial charge in [0.25, 0.3) is 5.91 Å². The number of benzene rings is 1. The van der Waals surface area contributed by atoms with Crippen molar-refractivity contribution in [3.05, 3.63) is 34.9 Å². The molecule has 0 fully saturated rings. The average molecular weight is 263 g/mol. The number of carbonyl (C=O) groups is 2. The zero-order chi connectivity index (χ0) is 14.8. The molecule has 1 atom stereocenters. The highest BCUT2D eigenvalue weighted by Crippen LogP contribution is 2.21. The number of carbonyl (C=O) groups excluding carboxylic acids is 1. The Labute approximate surface area is 113 Å².